The Bertz CT molecular complexity index is 231. The van der Waals surface area contributed by atoms with E-state index in [4.69, 9.17) is 0 Å². The molecule has 4 nitrogen and oxygen atoms in total. The molecule has 0 saturated carbocycles. The molecule has 1 rings (SSSR count). The summed E-state index contributed by atoms with van der Waals surface area (Å²) in [5.41, 5.74) is 0. The van der Waals surface area contributed by atoms with Gasteiger partial charge in [-0.05, 0) is 31.2 Å². The Morgan fingerprint density at radius 2 is 2.25 bits per heavy atom. The third-order valence-electron chi connectivity index (χ3n) is 3.14. The SMILES string of the molecule is CC(C)CC(CO)NC(=O)C1NCCC1C. The van der Waals surface area contributed by atoms with Gasteiger partial charge in [-0.1, -0.05) is 20.8 Å². The van der Waals surface area contributed by atoms with Crippen molar-refractivity contribution in [3.05, 3.63) is 0 Å². The number of rotatable bonds is 5. The topological polar surface area (TPSA) is 61.4 Å². The first-order chi connectivity index (χ1) is 7.54. The van der Waals surface area contributed by atoms with Crippen LogP contribution in [0.25, 0.3) is 0 Å². The lowest BCUT2D eigenvalue weighted by Crippen LogP contribution is -2.48. The highest BCUT2D eigenvalue weighted by Gasteiger charge is 2.30. The van der Waals surface area contributed by atoms with Crippen molar-refractivity contribution in [3.8, 4) is 0 Å². The molecule has 0 spiro atoms. The molecule has 1 heterocycles. The van der Waals surface area contributed by atoms with E-state index in [2.05, 4.69) is 31.4 Å². The normalized spacial score (nSPS) is 27.1. The number of carbonyl (C=O) groups excluding carboxylic acids is 1. The molecule has 0 aromatic heterocycles. The molecule has 1 fully saturated rings. The van der Waals surface area contributed by atoms with Crippen LogP contribution in [0.2, 0.25) is 0 Å². The molecule has 4 heteroatoms. The molecule has 1 aliphatic heterocycles. The van der Waals surface area contributed by atoms with Crippen molar-refractivity contribution in [1.82, 2.24) is 10.6 Å². The first-order valence-electron chi connectivity index (χ1n) is 6.19. The summed E-state index contributed by atoms with van der Waals surface area (Å²) in [5.74, 6) is 0.898. The minimum atomic E-state index is -0.109. The first-order valence-corrected chi connectivity index (χ1v) is 6.19. The van der Waals surface area contributed by atoms with Gasteiger partial charge in [0.1, 0.15) is 0 Å². The van der Waals surface area contributed by atoms with Gasteiger partial charge < -0.3 is 15.7 Å². The molecule has 3 atom stereocenters. The van der Waals surface area contributed by atoms with Gasteiger partial charge in [0.15, 0.2) is 0 Å². The molecular weight excluding hydrogens is 204 g/mol. The maximum atomic E-state index is 11.9. The maximum absolute atomic E-state index is 11.9. The second kappa shape index (κ2) is 6.21. The number of hydrogen-bond acceptors (Lipinski definition) is 3. The monoisotopic (exact) mass is 228 g/mol. The predicted octanol–water partition coefficient (Wildman–Crippen LogP) is 0.508. The molecule has 0 aromatic rings. The average molecular weight is 228 g/mol. The Labute approximate surface area is 97.8 Å². The molecule has 3 unspecified atom stereocenters. The smallest absolute Gasteiger partial charge is 0.237 e. The van der Waals surface area contributed by atoms with E-state index in [1.165, 1.54) is 0 Å². The number of nitrogens with one attached hydrogen (secondary N) is 2. The van der Waals surface area contributed by atoms with Crippen molar-refractivity contribution in [2.24, 2.45) is 11.8 Å². The fourth-order valence-electron chi connectivity index (χ4n) is 2.22. The van der Waals surface area contributed by atoms with Crippen molar-refractivity contribution in [2.45, 2.75) is 45.7 Å². The molecule has 94 valence electrons. The zero-order valence-corrected chi connectivity index (χ0v) is 10.5. The van der Waals surface area contributed by atoms with Crippen molar-refractivity contribution in [3.63, 3.8) is 0 Å². The summed E-state index contributed by atoms with van der Waals surface area (Å²) in [6, 6.07) is -0.191. The third kappa shape index (κ3) is 3.76. The second-order valence-electron chi connectivity index (χ2n) is 5.22. The van der Waals surface area contributed by atoms with Gasteiger partial charge in [-0.15, -0.1) is 0 Å². The lowest BCUT2D eigenvalue weighted by molar-refractivity contribution is -0.124. The van der Waals surface area contributed by atoms with Gasteiger partial charge in [0, 0.05) is 0 Å². The summed E-state index contributed by atoms with van der Waals surface area (Å²) in [7, 11) is 0. The van der Waals surface area contributed by atoms with Crippen LogP contribution in [0, 0.1) is 11.8 Å². The zero-order valence-electron chi connectivity index (χ0n) is 10.5. The Morgan fingerprint density at radius 1 is 1.56 bits per heavy atom. The van der Waals surface area contributed by atoms with Crippen LogP contribution in [-0.4, -0.2) is 36.2 Å². The molecule has 0 bridgehead atoms. The van der Waals surface area contributed by atoms with Gasteiger partial charge >= 0.3 is 0 Å². The van der Waals surface area contributed by atoms with E-state index in [0.717, 1.165) is 19.4 Å². The second-order valence-corrected chi connectivity index (χ2v) is 5.22. The highest BCUT2D eigenvalue weighted by Crippen LogP contribution is 2.15. The van der Waals surface area contributed by atoms with Crippen LogP contribution in [-0.2, 0) is 4.79 Å². The highest BCUT2D eigenvalue weighted by molar-refractivity contribution is 5.82. The number of amides is 1. The van der Waals surface area contributed by atoms with Gasteiger partial charge in [0.25, 0.3) is 0 Å². The Balaban J connectivity index is 2.42. The molecule has 0 radical (unpaired) electrons. The Kier molecular flexibility index (Phi) is 5.22. The quantitative estimate of drug-likeness (QED) is 0.642. The van der Waals surface area contributed by atoms with Gasteiger partial charge in [-0.25, -0.2) is 0 Å². The number of aliphatic hydroxyl groups is 1. The summed E-state index contributed by atoms with van der Waals surface area (Å²) in [5, 5.41) is 15.3. The fourth-order valence-corrected chi connectivity index (χ4v) is 2.22. The van der Waals surface area contributed by atoms with E-state index in [9.17, 15) is 9.90 Å². The Hall–Kier alpha value is -0.610. The number of hydrogen-bond donors (Lipinski definition) is 3. The van der Waals surface area contributed by atoms with Crippen LogP contribution < -0.4 is 10.6 Å². The molecule has 3 N–H and O–H groups in total. The van der Waals surface area contributed by atoms with Crippen LogP contribution in [0.1, 0.15) is 33.6 Å². The van der Waals surface area contributed by atoms with E-state index in [1.807, 2.05) is 0 Å². The number of carbonyl (C=O) groups is 1. The molecule has 16 heavy (non-hydrogen) atoms. The van der Waals surface area contributed by atoms with Crippen LogP contribution in [0.3, 0.4) is 0 Å². The maximum Gasteiger partial charge on any atom is 0.237 e. The summed E-state index contributed by atoms with van der Waals surface area (Å²) in [6.07, 6.45) is 1.87. The summed E-state index contributed by atoms with van der Waals surface area (Å²) >= 11 is 0. The minimum absolute atomic E-state index is 0.0189. The van der Waals surface area contributed by atoms with E-state index in [-0.39, 0.29) is 24.6 Å². The lowest BCUT2D eigenvalue weighted by atomic mass is 10.0. The highest BCUT2D eigenvalue weighted by atomic mass is 16.3. The van der Waals surface area contributed by atoms with E-state index in [1.54, 1.807) is 0 Å². The number of aliphatic hydroxyl groups excluding tert-OH is 1. The van der Waals surface area contributed by atoms with Crippen molar-refractivity contribution >= 4 is 5.91 Å². The van der Waals surface area contributed by atoms with Gasteiger partial charge in [-0.2, -0.15) is 0 Å². The van der Waals surface area contributed by atoms with Crippen molar-refractivity contribution < 1.29 is 9.90 Å². The molecule has 1 aliphatic rings. The summed E-state index contributed by atoms with van der Waals surface area (Å²) < 4.78 is 0. The zero-order chi connectivity index (χ0) is 12.1. The van der Waals surface area contributed by atoms with E-state index >= 15 is 0 Å². The molecule has 0 aliphatic carbocycles. The molecule has 0 aromatic carbocycles. The molecular formula is C12H24N2O2. The molecule has 1 amide bonds. The van der Waals surface area contributed by atoms with Crippen molar-refractivity contribution in [1.29, 1.82) is 0 Å². The predicted molar refractivity (Wildman–Crippen MR) is 64.0 cm³/mol. The average Bonchev–Trinajstić information content (AvgIpc) is 2.62. The van der Waals surface area contributed by atoms with Gasteiger partial charge in [0.2, 0.25) is 5.91 Å². The minimum Gasteiger partial charge on any atom is -0.394 e. The van der Waals surface area contributed by atoms with Gasteiger partial charge in [0.05, 0.1) is 18.7 Å². The van der Waals surface area contributed by atoms with Crippen LogP contribution in [0.15, 0.2) is 0 Å². The summed E-state index contributed by atoms with van der Waals surface area (Å²) in [6.45, 7) is 7.19. The van der Waals surface area contributed by atoms with Crippen LogP contribution in [0.5, 0.6) is 0 Å². The van der Waals surface area contributed by atoms with Crippen LogP contribution >= 0.6 is 0 Å². The summed E-state index contributed by atoms with van der Waals surface area (Å²) in [4.78, 5) is 11.9. The Morgan fingerprint density at radius 3 is 2.69 bits per heavy atom. The van der Waals surface area contributed by atoms with E-state index < -0.39 is 0 Å². The fraction of sp³-hybridized carbons (Fsp3) is 0.917. The van der Waals surface area contributed by atoms with E-state index in [0.29, 0.717) is 11.8 Å². The molecule has 1 saturated heterocycles. The largest absolute Gasteiger partial charge is 0.394 e. The first kappa shape index (κ1) is 13.5. The lowest BCUT2D eigenvalue weighted by Gasteiger charge is -2.22. The van der Waals surface area contributed by atoms with Crippen LogP contribution in [0.4, 0.5) is 0 Å². The standard InChI is InChI=1S/C12H24N2O2/c1-8(2)6-10(7-15)14-12(16)11-9(3)4-5-13-11/h8-11,13,15H,4-7H2,1-3H3,(H,14,16). The van der Waals surface area contributed by atoms with Crippen molar-refractivity contribution in [2.75, 3.05) is 13.2 Å². The van der Waals surface area contributed by atoms with Gasteiger partial charge in [-0.3, -0.25) is 4.79 Å². The third-order valence-corrected chi connectivity index (χ3v) is 3.14.